The SMILES string of the molecule is CCCNC(=O)C(Cc1ccccc1)N(Cc1ccccc1C)C(=O)CCSc1ccc(Cl)cc1. The van der Waals surface area contributed by atoms with Crippen molar-refractivity contribution in [3.63, 3.8) is 0 Å². The summed E-state index contributed by atoms with van der Waals surface area (Å²) in [5, 5.41) is 3.72. The highest BCUT2D eigenvalue weighted by molar-refractivity contribution is 7.99. The van der Waals surface area contributed by atoms with Crippen molar-refractivity contribution in [1.29, 1.82) is 0 Å². The van der Waals surface area contributed by atoms with E-state index in [0.29, 0.717) is 36.7 Å². The standard InChI is InChI=1S/C29H33ClN2O2S/c1-3-18-31-29(34)27(20-23-10-5-4-6-11-23)32(21-24-12-8-7-9-22(24)2)28(33)17-19-35-26-15-13-25(30)14-16-26/h4-16,27H,3,17-21H2,1-2H3,(H,31,34). The first-order valence-electron chi connectivity index (χ1n) is 12.0. The average Bonchev–Trinajstić information content (AvgIpc) is 2.87. The van der Waals surface area contributed by atoms with Crippen molar-refractivity contribution in [2.24, 2.45) is 0 Å². The molecular formula is C29H33ClN2O2S. The molecule has 2 amide bonds. The van der Waals surface area contributed by atoms with E-state index >= 15 is 0 Å². The van der Waals surface area contributed by atoms with Crippen molar-refractivity contribution in [2.45, 2.75) is 50.6 Å². The fraction of sp³-hybridized carbons (Fsp3) is 0.310. The molecule has 0 spiro atoms. The summed E-state index contributed by atoms with van der Waals surface area (Å²) in [5.41, 5.74) is 3.18. The fourth-order valence-electron chi connectivity index (χ4n) is 3.82. The Morgan fingerprint density at radius 3 is 2.34 bits per heavy atom. The monoisotopic (exact) mass is 508 g/mol. The number of amides is 2. The summed E-state index contributed by atoms with van der Waals surface area (Å²) in [7, 11) is 0. The number of carbonyl (C=O) groups excluding carboxylic acids is 2. The fourth-order valence-corrected chi connectivity index (χ4v) is 4.79. The number of carbonyl (C=O) groups is 2. The van der Waals surface area contributed by atoms with Gasteiger partial charge in [-0.1, -0.05) is 73.1 Å². The third-order valence-corrected chi connectivity index (χ3v) is 7.09. The number of halogens is 1. The third-order valence-electron chi connectivity index (χ3n) is 5.82. The van der Waals surface area contributed by atoms with E-state index in [1.165, 1.54) is 0 Å². The minimum atomic E-state index is -0.586. The van der Waals surface area contributed by atoms with Crippen LogP contribution in [0.1, 0.15) is 36.5 Å². The largest absolute Gasteiger partial charge is 0.354 e. The molecule has 0 aromatic heterocycles. The number of hydrogen-bond acceptors (Lipinski definition) is 3. The van der Waals surface area contributed by atoms with Gasteiger partial charge >= 0.3 is 0 Å². The Labute approximate surface area is 218 Å². The summed E-state index contributed by atoms with van der Waals surface area (Å²) in [6.45, 7) is 5.05. The first-order chi connectivity index (χ1) is 17.0. The lowest BCUT2D eigenvalue weighted by atomic mass is 10.0. The van der Waals surface area contributed by atoms with E-state index in [1.54, 1.807) is 16.7 Å². The van der Waals surface area contributed by atoms with Crippen molar-refractivity contribution >= 4 is 35.2 Å². The molecule has 0 saturated heterocycles. The van der Waals surface area contributed by atoms with E-state index in [-0.39, 0.29) is 11.8 Å². The molecule has 1 N–H and O–H groups in total. The molecule has 0 saturated carbocycles. The average molecular weight is 509 g/mol. The van der Waals surface area contributed by atoms with Gasteiger partial charge in [-0.15, -0.1) is 11.8 Å². The zero-order chi connectivity index (χ0) is 25.0. The smallest absolute Gasteiger partial charge is 0.243 e. The summed E-state index contributed by atoms with van der Waals surface area (Å²) in [4.78, 5) is 29.8. The molecule has 0 radical (unpaired) electrons. The van der Waals surface area contributed by atoms with Gasteiger partial charge in [-0.2, -0.15) is 0 Å². The van der Waals surface area contributed by atoms with E-state index in [4.69, 9.17) is 11.6 Å². The zero-order valence-electron chi connectivity index (χ0n) is 20.4. The Kier molecular flexibility index (Phi) is 10.7. The summed E-state index contributed by atoms with van der Waals surface area (Å²) in [6.07, 6.45) is 1.65. The van der Waals surface area contributed by atoms with Crippen LogP contribution in [0.5, 0.6) is 0 Å². The van der Waals surface area contributed by atoms with E-state index in [0.717, 1.165) is 28.0 Å². The van der Waals surface area contributed by atoms with Crippen molar-refractivity contribution in [3.05, 3.63) is 101 Å². The molecule has 1 unspecified atom stereocenters. The maximum Gasteiger partial charge on any atom is 0.243 e. The van der Waals surface area contributed by atoms with Gasteiger partial charge in [-0.25, -0.2) is 0 Å². The molecule has 3 rings (SSSR count). The molecule has 0 bridgehead atoms. The van der Waals surface area contributed by atoms with Crippen LogP contribution in [0, 0.1) is 6.92 Å². The number of aryl methyl sites for hydroxylation is 1. The maximum absolute atomic E-state index is 13.6. The van der Waals surface area contributed by atoms with E-state index in [9.17, 15) is 9.59 Å². The number of rotatable bonds is 12. The minimum absolute atomic E-state index is 0.0257. The normalized spacial score (nSPS) is 11.6. The Balaban J connectivity index is 1.83. The van der Waals surface area contributed by atoms with Gasteiger partial charge < -0.3 is 10.2 Å². The highest BCUT2D eigenvalue weighted by atomic mass is 35.5. The molecular weight excluding hydrogens is 476 g/mol. The molecule has 0 aliphatic carbocycles. The number of nitrogens with one attached hydrogen (secondary N) is 1. The second kappa shape index (κ2) is 14.0. The van der Waals surface area contributed by atoms with E-state index < -0.39 is 6.04 Å². The first-order valence-corrected chi connectivity index (χ1v) is 13.4. The Hall–Kier alpha value is -2.76. The van der Waals surface area contributed by atoms with Gasteiger partial charge in [-0.05, 0) is 54.3 Å². The third kappa shape index (κ3) is 8.44. The molecule has 0 heterocycles. The minimum Gasteiger partial charge on any atom is -0.354 e. The summed E-state index contributed by atoms with van der Waals surface area (Å²) < 4.78 is 0. The maximum atomic E-state index is 13.6. The van der Waals surface area contributed by atoms with Crippen LogP contribution in [0.2, 0.25) is 5.02 Å². The van der Waals surface area contributed by atoms with Crippen LogP contribution in [0.3, 0.4) is 0 Å². The van der Waals surface area contributed by atoms with Gasteiger partial charge in [-0.3, -0.25) is 9.59 Å². The molecule has 0 fully saturated rings. The Morgan fingerprint density at radius 1 is 0.971 bits per heavy atom. The molecule has 35 heavy (non-hydrogen) atoms. The highest BCUT2D eigenvalue weighted by Gasteiger charge is 2.30. The summed E-state index contributed by atoms with van der Waals surface area (Å²) in [6, 6.07) is 25.0. The van der Waals surface area contributed by atoms with Crippen molar-refractivity contribution in [2.75, 3.05) is 12.3 Å². The first kappa shape index (κ1) is 26.8. The van der Waals surface area contributed by atoms with Crippen LogP contribution >= 0.6 is 23.4 Å². The van der Waals surface area contributed by atoms with Crippen molar-refractivity contribution < 1.29 is 9.59 Å². The van der Waals surface area contributed by atoms with Crippen molar-refractivity contribution in [3.8, 4) is 0 Å². The van der Waals surface area contributed by atoms with Crippen LogP contribution in [0.15, 0.2) is 83.8 Å². The zero-order valence-corrected chi connectivity index (χ0v) is 21.9. The molecule has 1 atom stereocenters. The number of thioether (sulfide) groups is 1. The van der Waals surface area contributed by atoms with Gasteiger partial charge in [0.25, 0.3) is 0 Å². The predicted molar refractivity (Wildman–Crippen MR) is 146 cm³/mol. The predicted octanol–water partition coefficient (Wildman–Crippen LogP) is 6.30. The van der Waals surface area contributed by atoms with Gasteiger partial charge in [0.2, 0.25) is 11.8 Å². The van der Waals surface area contributed by atoms with Crippen LogP contribution in [0.25, 0.3) is 0 Å². The van der Waals surface area contributed by atoms with E-state index in [2.05, 4.69) is 5.32 Å². The van der Waals surface area contributed by atoms with Gasteiger partial charge in [0.1, 0.15) is 6.04 Å². The Morgan fingerprint density at radius 2 is 1.66 bits per heavy atom. The second-order valence-corrected chi connectivity index (χ2v) is 10.1. The van der Waals surface area contributed by atoms with Crippen LogP contribution < -0.4 is 5.32 Å². The van der Waals surface area contributed by atoms with Crippen LogP contribution in [0.4, 0.5) is 0 Å². The molecule has 3 aromatic carbocycles. The summed E-state index contributed by atoms with van der Waals surface area (Å²) in [5.74, 6) is 0.490. The molecule has 4 nitrogen and oxygen atoms in total. The number of nitrogens with zero attached hydrogens (tertiary/aromatic N) is 1. The lowest BCUT2D eigenvalue weighted by Crippen LogP contribution is -2.50. The molecule has 0 aliphatic heterocycles. The second-order valence-electron chi connectivity index (χ2n) is 8.50. The number of benzene rings is 3. The Bertz CT molecular complexity index is 1090. The van der Waals surface area contributed by atoms with Crippen LogP contribution in [-0.4, -0.2) is 35.1 Å². The number of hydrogen-bond donors (Lipinski definition) is 1. The lowest BCUT2D eigenvalue weighted by molar-refractivity contribution is -0.141. The lowest BCUT2D eigenvalue weighted by Gasteiger charge is -2.32. The molecule has 6 heteroatoms. The van der Waals surface area contributed by atoms with Gasteiger partial charge in [0.15, 0.2) is 0 Å². The van der Waals surface area contributed by atoms with Gasteiger partial charge in [0, 0.05) is 41.6 Å². The highest BCUT2D eigenvalue weighted by Crippen LogP contribution is 2.23. The van der Waals surface area contributed by atoms with Gasteiger partial charge in [0.05, 0.1) is 0 Å². The van der Waals surface area contributed by atoms with Crippen LogP contribution in [-0.2, 0) is 22.6 Å². The molecule has 0 aliphatic rings. The molecule has 184 valence electrons. The topological polar surface area (TPSA) is 49.4 Å². The molecule has 3 aromatic rings. The van der Waals surface area contributed by atoms with Crippen molar-refractivity contribution in [1.82, 2.24) is 10.2 Å². The van der Waals surface area contributed by atoms with E-state index in [1.807, 2.05) is 92.7 Å². The quantitative estimate of drug-likeness (QED) is 0.292. The summed E-state index contributed by atoms with van der Waals surface area (Å²) >= 11 is 7.60.